The van der Waals surface area contributed by atoms with E-state index in [2.05, 4.69) is 13.8 Å². The number of benzene rings is 1. The zero-order valence-electron chi connectivity index (χ0n) is 10.7. The average molecular weight is 232 g/mol. The number of rotatable bonds is 5. The molecule has 2 rings (SSSR count). The summed E-state index contributed by atoms with van der Waals surface area (Å²) in [5.74, 6) is 1.75. The second-order valence-electron chi connectivity index (χ2n) is 4.91. The van der Waals surface area contributed by atoms with Crippen LogP contribution in [0.2, 0.25) is 0 Å². The molecule has 1 aromatic rings. The van der Waals surface area contributed by atoms with Crippen LogP contribution in [0.5, 0.6) is 5.75 Å². The molecule has 0 aromatic heterocycles. The Bertz CT molecular complexity index is 409. The molecular formula is C15H20O2. The number of Topliss-reactive ketones (excluding diaryl/α,β-unsaturated/α-hetero) is 1. The number of hydrogen-bond acceptors (Lipinski definition) is 2. The smallest absolute Gasteiger partial charge is 0.163 e. The van der Waals surface area contributed by atoms with Gasteiger partial charge in [-0.2, -0.15) is 0 Å². The summed E-state index contributed by atoms with van der Waals surface area (Å²) in [6.07, 6.45) is 3.86. The van der Waals surface area contributed by atoms with Gasteiger partial charge in [-0.3, -0.25) is 4.79 Å². The maximum Gasteiger partial charge on any atom is 0.163 e. The molecule has 1 unspecified atom stereocenters. The first-order valence-corrected chi connectivity index (χ1v) is 6.50. The van der Waals surface area contributed by atoms with Gasteiger partial charge in [-0.05, 0) is 24.8 Å². The number of ether oxygens (including phenoxy) is 1. The highest BCUT2D eigenvalue weighted by atomic mass is 16.5. The molecule has 1 aliphatic carbocycles. The fraction of sp³-hybridized carbons (Fsp3) is 0.533. The maximum absolute atomic E-state index is 11.6. The topological polar surface area (TPSA) is 26.3 Å². The first-order chi connectivity index (χ1) is 8.22. The second-order valence-corrected chi connectivity index (χ2v) is 4.91. The zero-order valence-corrected chi connectivity index (χ0v) is 10.7. The fourth-order valence-electron chi connectivity index (χ4n) is 2.40. The van der Waals surface area contributed by atoms with Gasteiger partial charge in [0.05, 0.1) is 6.61 Å². The number of carbonyl (C=O) groups is 1. The van der Waals surface area contributed by atoms with E-state index in [9.17, 15) is 4.79 Å². The van der Waals surface area contributed by atoms with Crippen LogP contribution in [0.1, 0.15) is 49.0 Å². The van der Waals surface area contributed by atoms with E-state index in [-0.39, 0.29) is 5.78 Å². The molecule has 2 nitrogen and oxygen atoms in total. The molecule has 0 fully saturated rings. The molecule has 0 amide bonds. The number of ketones is 1. The van der Waals surface area contributed by atoms with E-state index in [4.69, 9.17) is 4.74 Å². The Kier molecular flexibility index (Phi) is 3.82. The Hall–Kier alpha value is -1.31. The summed E-state index contributed by atoms with van der Waals surface area (Å²) in [6, 6.07) is 5.81. The normalized spacial score (nSPS) is 15.8. The quantitative estimate of drug-likeness (QED) is 0.775. The van der Waals surface area contributed by atoms with E-state index >= 15 is 0 Å². The molecule has 1 aliphatic rings. The van der Waals surface area contributed by atoms with Crippen molar-refractivity contribution in [1.82, 2.24) is 0 Å². The van der Waals surface area contributed by atoms with E-state index in [1.54, 1.807) is 0 Å². The largest absolute Gasteiger partial charge is 0.493 e. The number of hydrogen-bond donors (Lipinski definition) is 0. The number of carbonyl (C=O) groups excluding carboxylic acids is 1. The molecule has 0 bridgehead atoms. The summed E-state index contributed by atoms with van der Waals surface area (Å²) in [5.41, 5.74) is 1.98. The monoisotopic (exact) mass is 232 g/mol. The van der Waals surface area contributed by atoms with Gasteiger partial charge in [0.2, 0.25) is 0 Å². The minimum absolute atomic E-state index is 0.257. The van der Waals surface area contributed by atoms with Crippen molar-refractivity contribution in [2.24, 2.45) is 5.92 Å². The highest BCUT2D eigenvalue weighted by Gasteiger charge is 2.22. The van der Waals surface area contributed by atoms with Gasteiger partial charge in [0.15, 0.2) is 5.78 Å². The highest BCUT2D eigenvalue weighted by Crippen LogP contribution is 2.30. The van der Waals surface area contributed by atoms with E-state index < -0.39 is 0 Å². The summed E-state index contributed by atoms with van der Waals surface area (Å²) < 4.78 is 5.86. The summed E-state index contributed by atoms with van der Waals surface area (Å²) in [7, 11) is 0. The SMILES string of the molecule is CCCC(C)COc1cccc2c1CCC2=O. The van der Waals surface area contributed by atoms with E-state index in [1.807, 2.05) is 18.2 Å². The Labute approximate surface area is 103 Å². The molecule has 0 spiro atoms. The maximum atomic E-state index is 11.6. The predicted octanol–water partition coefficient (Wildman–Crippen LogP) is 3.63. The summed E-state index contributed by atoms with van der Waals surface area (Å²) in [6.45, 7) is 5.14. The molecule has 2 heteroatoms. The lowest BCUT2D eigenvalue weighted by Gasteiger charge is -2.14. The van der Waals surface area contributed by atoms with E-state index in [0.717, 1.165) is 29.9 Å². The third-order valence-electron chi connectivity index (χ3n) is 3.34. The zero-order chi connectivity index (χ0) is 12.3. The number of fused-ring (bicyclic) bond motifs is 1. The van der Waals surface area contributed by atoms with Crippen LogP contribution in [0, 0.1) is 5.92 Å². The molecule has 0 saturated carbocycles. The van der Waals surface area contributed by atoms with Crippen LogP contribution in [-0.4, -0.2) is 12.4 Å². The average Bonchev–Trinajstić information content (AvgIpc) is 2.70. The molecule has 17 heavy (non-hydrogen) atoms. The molecule has 92 valence electrons. The van der Waals surface area contributed by atoms with Crippen LogP contribution >= 0.6 is 0 Å². The van der Waals surface area contributed by atoms with Crippen molar-refractivity contribution in [3.63, 3.8) is 0 Å². The third-order valence-corrected chi connectivity index (χ3v) is 3.34. The van der Waals surface area contributed by atoms with Gasteiger partial charge >= 0.3 is 0 Å². The minimum atomic E-state index is 0.257. The van der Waals surface area contributed by atoms with Crippen molar-refractivity contribution < 1.29 is 9.53 Å². The lowest BCUT2D eigenvalue weighted by Crippen LogP contribution is -2.09. The van der Waals surface area contributed by atoms with Crippen molar-refractivity contribution in [2.45, 2.75) is 39.5 Å². The van der Waals surface area contributed by atoms with Gasteiger partial charge in [0, 0.05) is 17.5 Å². The van der Waals surface area contributed by atoms with Crippen LogP contribution in [0.25, 0.3) is 0 Å². The van der Waals surface area contributed by atoms with Crippen molar-refractivity contribution >= 4 is 5.78 Å². The fourth-order valence-corrected chi connectivity index (χ4v) is 2.40. The first-order valence-electron chi connectivity index (χ1n) is 6.50. The van der Waals surface area contributed by atoms with E-state index in [0.29, 0.717) is 12.3 Å². The Morgan fingerprint density at radius 2 is 2.18 bits per heavy atom. The predicted molar refractivity (Wildman–Crippen MR) is 68.7 cm³/mol. The van der Waals surface area contributed by atoms with Crippen molar-refractivity contribution in [2.75, 3.05) is 6.61 Å². The summed E-state index contributed by atoms with van der Waals surface area (Å²) in [5, 5.41) is 0. The minimum Gasteiger partial charge on any atom is -0.493 e. The molecule has 0 N–H and O–H groups in total. The Morgan fingerprint density at radius 3 is 2.94 bits per heavy atom. The molecular weight excluding hydrogens is 212 g/mol. The van der Waals surface area contributed by atoms with Gasteiger partial charge in [-0.25, -0.2) is 0 Å². The van der Waals surface area contributed by atoms with Crippen molar-refractivity contribution in [3.05, 3.63) is 29.3 Å². The van der Waals surface area contributed by atoms with Crippen LogP contribution in [0.4, 0.5) is 0 Å². The van der Waals surface area contributed by atoms with Gasteiger partial charge in [-0.15, -0.1) is 0 Å². The lowest BCUT2D eigenvalue weighted by atomic mass is 10.1. The molecule has 0 aliphatic heterocycles. The van der Waals surface area contributed by atoms with Crippen LogP contribution in [0.15, 0.2) is 18.2 Å². The van der Waals surface area contributed by atoms with E-state index in [1.165, 1.54) is 12.8 Å². The summed E-state index contributed by atoms with van der Waals surface area (Å²) >= 11 is 0. The molecule has 0 heterocycles. The van der Waals surface area contributed by atoms with Gasteiger partial charge < -0.3 is 4.74 Å². The molecule has 0 saturated heterocycles. The molecule has 1 aromatic carbocycles. The second kappa shape index (κ2) is 5.35. The Morgan fingerprint density at radius 1 is 1.35 bits per heavy atom. The van der Waals surface area contributed by atoms with Crippen LogP contribution in [-0.2, 0) is 6.42 Å². The molecule has 0 radical (unpaired) electrons. The lowest BCUT2D eigenvalue weighted by molar-refractivity contribution is 0.0994. The van der Waals surface area contributed by atoms with Gasteiger partial charge in [0.25, 0.3) is 0 Å². The Balaban J connectivity index is 2.05. The van der Waals surface area contributed by atoms with Crippen LogP contribution < -0.4 is 4.74 Å². The van der Waals surface area contributed by atoms with Gasteiger partial charge in [0.1, 0.15) is 5.75 Å². The van der Waals surface area contributed by atoms with Crippen molar-refractivity contribution in [3.8, 4) is 5.75 Å². The standard InChI is InChI=1S/C15H20O2/c1-3-5-11(2)10-17-15-7-4-6-12-13(15)8-9-14(12)16/h4,6-7,11H,3,5,8-10H2,1-2H3. The third kappa shape index (κ3) is 2.68. The molecule has 1 atom stereocenters. The highest BCUT2D eigenvalue weighted by molar-refractivity contribution is 6.01. The van der Waals surface area contributed by atoms with Crippen molar-refractivity contribution in [1.29, 1.82) is 0 Å². The van der Waals surface area contributed by atoms with Crippen LogP contribution in [0.3, 0.4) is 0 Å². The first kappa shape index (κ1) is 12.2. The van der Waals surface area contributed by atoms with Gasteiger partial charge in [-0.1, -0.05) is 32.4 Å². The summed E-state index contributed by atoms with van der Waals surface area (Å²) in [4.78, 5) is 11.6.